The molecule has 3 nitrogen and oxygen atoms in total. The molecule has 0 fully saturated rings. The summed E-state index contributed by atoms with van der Waals surface area (Å²) in [5.74, 6) is -0.875. The van der Waals surface area contributed by atoms with E-state index < -0.39 is 5.82 Å². The van der Waals surface area contributed by atoms with E-state index >= 15 is 0 Å². The van der Waals surface area contributed by atoms with Crippen molar-refractivity contribution in [3.8, 4) is 0 Å². The quantitative estimate of drug-likeness (QED) is 0.659. The number of halogens is 3. The van der Waals surface area contributed by atoms with Gasteiger partial charge in [-0.25, -0.2) is 9.18 Å². The fraction of sp³-hybridized carbons (Fsp3) is 0.308. The molecule has 1 rings (SSSR count). The van der Waals surface area contributed by atoms with Crippen molar-refractivity contribution in [2.24, 2.45) is 0 Å². The second kappa shape index (κ2) is 7.36. The van der Waals surface area contributed by atoms with Gasteiger partial charge in [0.05, 0.1) is 22.8 Å². The van der Waals surface area contributed by atoms with Gasteiger partial charge >= 0.3 is 5.97 Å². The number of carbonyl (C=O) groups is 1. The molecule has 0 spiro atoms. The van der Waals surface area contributed by atoms with E-state index in [1.54, 1.807) is 6.08 Å². The normalized spacial score (nSPS) is 11.3. The second-order valence-electron chi connectivity index (χ2n) is 3.70. The van der Waals surface area contributed by atoms with Crippen molar-refractivity contribution in [3.63, 3.8) is 0 Å². The third-order valence-corrected chi connectivity index (χ3v) is 3.06. The average molecular weight is 306 g/mol. The number of carbonyl (C=O) groups excluding carboxylic acids is 1. The van der Waals surface area contributed by atoms with Gasteiger partial charge in [0.25, 0.3) is 0 Å². The van der Waals surface area contributed by atoms with E-state index in [0.717, 1.165) is 0 Å². The van der Waals surface area contributed by atoms with Gasteiger partial charge in [-0.1, -0.05) is 36.2 Å². The first-order chi connectivity index (χ1) is 8.99. The first-order valence-corrected chi connectivity index (χ1v) is 6.41. The van der Waals surface area contributed by atoms with Crippen LogP contribution in [0.3, 0.4) is 0 Å². The lowest BCUT2D eigenvalue weighted by Gasteiger charge is -2.09. The molecule has 104 valence electrons. The van der Waals surface area contributed by atoms with E-state index in [9.17, 15) is 9.18 Å². The molecule has 0 radical (unpaired) electrons. The number of nitrogens with one attached hydrogen (secondary N) is 1. The number of esters is 1. The predicted octanol–water partition coefficient (Wildman–Crippen LogP) is 4.05. The molecular weight excluding hydrogens is 292 g/mol. The van der Waals surface area contributed by atoms with E-state index in [-0.39, 0.29) is 16.0 Å². The van der Waals surface area contributed by atoms with Gasteiger partial charge in [0.2, 0.25) is 0 Å². The van der Waals surface area contributed by atoms with E-state index in [1.165, 1.54) is 19.2 Å². The van der Waals surface area contributed by atoms with Gasteiger partial charge in [0, 0.05) is 12.1 Å². The molecule has 19 heavy (non-hydrogen) atoms. The summed E-state index contributed by atoms with van der Waals surface area (Å²) < 4.78 is 17.6. The van der Waals surface area contributed by atoms with Crippen LogP contribution in [0.4, 0.5) is 10.1 Å². The van der Waals surface area contributed by atoms with Crippen molar-refractivity contribution < 1.29 is 13.9 Å². The molecule has 1 N–H and O–H groups in total. The number of methoxy groups -OCH3 is 1. The third-order valence-electron chi connectivity index (χ3n) is 2.46. The molecule has 0 amide bonds. The number of benzene rings is 1. The highest BCUT2D eigenvalue weighted by Gasteiger charge is 2.09. The molecule has 0 heterocycles. The standard InChI is InChI=1S/C13H14Cl2FNO2/c1-3-8(13(18)19-2)4-5-17-12-10(14)6-9(16)7-11(12)15/h4,6-7,17H,3,5H2,1-2H3. The highest BCUT2D eigenvalue weighted by atomic mass is 35.5. The maximum absolute atomic E-state index is 13.0. The summed E-state index contributed by atoms with van der Waals surface area (Å²) >= 11 is 11.7. The van der Waals surface area contributed by atoms with Crippen molar-refractivity contribution in [1.29, 1.82) is 0 Å². The molecule has 0 bridgehead atoms. The van der Waals surface area contributed by atoms with Gasteiger partial charge in [-0.3, -0.25) is 0 Å². The van der Waals surface area contributed by atoms with Gasteiger partial charge in [0.1, 0.15) is 5.82 Å². The first kappa shape index (κ1) is 15.8. The average Bonchev–Trinajstić information content (AvgIpc) is 2.36. The van der Waals surface area contributed by atoms with E-state index in [0.29, 0.717) is 24.2 Å². The van der Waals surface area contributed by atoms with Crippen LogP contribution in [-0.4, -0.2) is 19.6 Å². The maximum atomic E-state index is 13.0. The van der Waals surface area contributed by atoms with Crippen LogP contribution in [0.5, 0.6) is 0 Å². The molecular formula is C13H14Cl2FNO2. The molecule has 0 unspecified atom stereocenters. The van der Waals surface area contributed by atoms with Gasteiger partial charge in [0.15, 0.2) is 0 Å². The van der Waals surface area contributed by atoms with Crippen LogP contribution in [0.15, 0.2) is 23.8 Å². The Labute approximate surface area is 121 Å². The van der Waals surface area contributed by atoms with Crippen LogP contribution in [0.1, 0.15) is 13.3 Å². The van der Waals surface area contributed by atoms with Crippen LogP contribution in [0.2, 0.25) is 10.0 Å². The number of hydrogen-bond donors (Lipinski definition) is 1. The Morgan fingerprint density at radius 1 is 1.42 bits per heavy atom. The summed E-state index contributed by atoms with van der Waals surface area (Å²) in [6, 6.07) is 2.33. The fourth-order valence-electron chi connectivity index (χ4n) is 1.49. The molecule has 1 aromatic rings. The van der Waals surface area contributed by atoms with Crippen LogP contribution in [0.25, 0.3) is 0 Å². The zero-order chi connectivity index (χ0) is 14.4. The fourth-order valence-corrected chi connectivity index (χ4v) is 2.08. The highest BCUT2D eigenvalue weighted by Crippen LogP contribution is 2.31. The van der Waals surface area contributed by atoms with Crippen LogP contribution < -0.4 is 5.32 Å². The lowest BCUT2D eigenvalue weighted by atomic mass is 10.2. The molecule has 0 aromatic heterocycles. The lowest BCUT2D eigenvalue weighted by Crippen LogP contribution is -2.07. The topological polar surface area (TPSA) is 38.3 Å². The van der Waals surface area contributed by atoms with Crippen LogP contribution >= 0.6 is 23.2 Å². The number of hydrogen-bond acceptors (Lipinski definition) is 3. The summed E-state index contributed by atoms with van der Waals surface area (Å²) in [7, 11) is 1.33. The van der Waals surface area contributed by atoms with Crippen molar-refractivity contribution in [2.75, 3.05) is 19.0 Å². The Hall–Kier alpha value is -1.26. The maximum Gasteiger partial charge on any atom is 0.333 e. The minimum absolute atomic E-state index is 0.189. The molecule has 0 aliphatic carbocycles. The van der Waals surface area contributed by atoms with E-state index in [2.05, 4.69) is 10.1 Å². The van der Waals surface area contributed by atoms with E-state index in [1.807, 2.05) is 6.92 Å². The Bertz CT molecular complexity index is 480. The predicted molar refractivity (Wildman–Crippen MR) is 75.3 cm³/mol. The molecule has 0 saturated heterocycles. The largest absolute Gasteiger partial charge is 0.466 e. The van der Waals surface area contributed by atoms with E-state index in [4.69, 9.17) is 23.2 Å². The minimum atomic E-state index is -0.500. The first-order valence-electron chi connectivity index (χ1n) is 5.65. The molecule has 0 aliphatic rings. The van der Waals surface area contributed by atoms with Crippen molar-refractivity contribution >= 4 is 34.9 Å². The Balaban J connectivity index is 2.77. The SMILES string of the molecule is CCC(=CCNc1c(Cl)cc(F)cc1Cl)C(=O)OC. The Kier molecular flexibility index (Phi) is 6.12. The number of anilines is 1. The molecule has 6 heteroatoms. The number of rotatable bonds is 5. The summed E-state index contributed by atoms with van der Waals surface area (Å²) in [4.78, 5) is 11.3. The molecule has 0 atom stereocenters. The van der Waals surface area contributed by atoms with Crippen molar-refractivity contribution in [2.45, 2.75) is 13.3 Å². The molecule has 0 saturated carbocycles. The second-order valence-corrected chi connectivity index (χ2v) is 4.51. The summed E-state index contributed by atoms with van der Waals surface area (Å²) in [5, 5.41) is 3.32. The monoisotopic (exact) mass is 305 g/mol. The van der Waals surface area contributed by atoms with Gasteiger partial charge < -0.3 is 10.1 Å². The Morgan fingerprint density at radius 3 is 2.47 bits per heavy atom. The zero-order valence-corrected chi connectivity index (χ0v) is 12.1. The lowest BCUT2D eigenvalue weighted by molar-refractivity contribution is -0.136. The summed E-state index contributed by atoms with van der Waals surface area (Å²) in [5.41, 5.74) is 0.977. The molecule has 0 aliphatic heterocycles. The van der Waals surface area contributed by atoms with Gasteiger partial charge in [-0.15, -0.1) is 0 Å². The summed E-state index contributed by atoms with van der Waals surface area (Å²) in [6.07, 6.45) is 2.24. The zero-order valence-electron chi connectivity index (χ0n) is 10.6. The van der Waals surface area contributed by atoms with Crippen molar-refractivity contribution in [1.82, 2.24) is 0 Å². The van der Waals surface area contributed by atoms with Crippen LogP contribution in [-0.2, 0) is 9.53 Å². The van der Waals surface area contributed by atoms with Crippen molar-refractivity contribution in [3.05, 3.63) is 39.6 Å². The highest BCUT2D eigenvalue weighted by molar-refractivity contribution is 6.39. The minimum Gasteiger partial charge on any atom is -0.466 e. The van der Waals surface area contributed by atoms with Crippen LogP contribution in [0, 0.1) is 5.82 Å². The molecule has 1 aromatic carbocycles. The van der Waals surface area contributed by atoms with Gasteiger partial charge in [-0.05, 0) is 18.6 Å². The summed E-state index contributed by atoms with van der Waals surface area (Å²) in [6.45, 7) is 2.18. The third kappa shape index (κ3) is 4.40. The van der Waals surface area contributed by atoms with Gasteiger partial charge in [-0.2, -0.15) is 0 Å². The Morgan fingerprint density at radius 2 is 2.00 bits per heavy atom. The smallest absolute Gasteiger partial charge is 0.333 e. The number of ether oxygens (including phenoxy) is 1.